The maximum absolute atomic E-state index is 5.35. The minimum Gasteiger partial charge on any atom is -0.228 e. The normalized spacial score (nSPS) is 11.8. The van der Waals surface area contributed by atoms with Crippen molar-refractivity contribution in [2.45, 2.75) is 19.6 Å². The lowest BCUT2D eigenvalue weighted by atomic mass is 9.96. The second-order valence-electron chi connectivity index (χ2n) is 15.7. The van der Waals surface area contributed by atoms with Gasteiger partial charge in [0, 0.05) is 58.3 Å². The third kappa shape index (κ3) is 7.70. The number of benzene rings is 8. The fourth-order valence-corrected chi connectivity index (χ4v) is 10.4. The van der Waals surface area contributed by atoms with Crippen molar-refractivity contribution in [3.63, 3.8) is 0 Å². The highest BCUT2D eigenvalue weighted by Gasteiger charge is 2.23. The van der Waals surface area contributed by atoms with Crippen LogP contribution in [0, 0.1) is 0 Å². The van der Waals surface area contributed by atoms with E-state index in [1.165, 1.54) is 19.6 Å². The van der Waals surface area contributed by atoms with Gasteiger partial charge in [0.1, 0.15) is 5.69 Å². The van der Waals surface area contributed by atoms with Crippen LogP contribution in [0.2, 0.25) is 0 Å². The van der Waals surface area contributed by atoms with Crippen LogP contribution in [0.25, 0.3) is 102 Å². The summed E-state index contributed by atoms with van der Waals surface area (Å²) >= 11 is 3.61. The lowest BCUT2D eigenvalue weighted by Gasteiger charge is -2.20. The number of fused-ring (bicyclic) bond motifs is 3. The van der Waals surface area contributed by atoms with Crippen molar-refractivity contribution in [1.29, 1.82) is 0 Å². The van der Waals surface area contributed by atoms with E-state index in [0.717, 1.165) is 66.8 Å². The molecule has 3 aromatic heterocycles. The van der Waals surface area contributed by atoms with Gasteiger partial charge < -0.3 is 0 Å². The number of rotatable bonds is 8. The molecule has 0 radical (unpaired) electrons. The number of hydrogen-bond donors (Lipinski definition) is 0. The highest BCUT2D eigenvalue weighted by atomic mass is 32.2. The maximum atomic E-state index is 5.35. The average molecular weight is 882 g/mol. The molecule has 12 rings (SSSR count). The third-order valence-corrected chi connectivity index (χ3v) is 14.0. The number of hydrogen-bond acceptors (Lipinski definition) is 9. The summed E-state index contributed by atoms with van der Waals surface area (Å²) in [6.07, 6.45) is 0. The second-order valence-corrected chi connectivity index (χ2v) is 17.9. The van der Waals surface area contributed by atoms with Crippen molar-refractivity contribution >= 4 is 34.4 Å². The van der Waals surface area contributed by atoms with E-state index in [1.54, 1.807) is 11.8 Å². The topological polar surface area (TPSA) is 90.2 Å². The molecule has 11 aromatic rings. The molecule has 0 saturated carbocycles. The minimum atomic E-state index is 0.443. The summed E-state index contributed by atoms with van der Waals surface area (Å²) in [5, 5.41) is 0.843. The van der Waals surface area contributed by atoms with Crippen molar-refractivity contribution in [2.24, 2.45) is 0 Å². The Morgan fingerprint density at radius 2 is 0.742 bits per heavy atom. The number of nitrogens with zero attached hydrogens (tertiary/aromatic N) is 7. The SMILES string of the molecule is c1ccc(-c2cc(-c3ccccc3)nc(-c3cc(-c4nc(-c5ccccc5)nc(-c5nc(-c6ccccc6)nc6ccccc56)n4)ccc3-c3ccc4c(c3)Sc3ccccc3S4)n2)cc1. The van der Waals surface area contributed by atoms with Gasteiger partial charge in [-0.05, 0) is 53.6 Å². The van der Waals surface area contributed by atoms with Crippen molar-refractivity contribution in [3.8, 4) is 90.7 Å². The Kier molecular flexibility index (Phi) is 10.2. The van der Waals surface area contributed by atoms with Crippen molar-refractivity contribution in [2.75, 3.05) is 0 Å². The molecule has 1 aliphatic heterocycles. The Bertz CT molecular complexity index is 3530. The van der Waals surface area contributed by atoms with Gasteiger partial charge in [-0.25, -0.2) is 34.9 Å². The molecule has 0 atom stereocenters. The summed E-state index contributed by atoms with van der Waals surface area (Å²) in [6.45, 7) is 0. The molecule has 0 aliphatic carbocycles. The first kappa shape index (κ1) is 39.5. The van der Waals surface area contributed by atoms with Gasteiger partial charge in [-0.2, -0.15) is 0 Å². The molecule has 1 aliphatic rings. The molecular weight excluding hydrogens is 847 g/mol. The van der Waals surface area contributed by atoms with Gasteiger partial charge in [0.25, 0.3) is 0 Å². The fourth-order valence-electron chi connectivity index (χ4n) is 8.19. The molecule has 0 amide bonds. The summed E-state index contributed by atoms with van der Waals surface area (Å²) in [5.74, 6) is 2.65. The van der Waals surface area contributed by atoms with Crippen LogP contribution >= 0.6 is 23.5 Å². The van der Waals surface area contributed by atoms with Crippen LogP contribution < -0.4 is 0 Å². The van der Waals surface area contributed by atoms with E-state index in [9.17, 15) is 0 Å². The molecule has 310 valence electrons. The summed E-state index contributed by atoms with van der Waals surface area (Å²) in [6, 6.07) is 72.3. The zero-order chi connectivity index (χ0) is 43.8. The van der Waals surface area contributed by atoms with Gasteiger partial charge in [-0.1, -0.05) is 193 Å². The third-order valence-electron chi connectivity index (χ3n) is 11.4. The maximum Gasteiger partial charge on any atom is 0.183 e. The first-order valence-electron chi connectivity index (χ1n) is 21.5. The number of aromatic nitrogens is 7. The average Bonchev–Trinajstić information content (AvgIpc) is 3.40. The summed E-state index contributed by atoms with van der Waals surface area (Å²) in [5.41, 5.74) is 10.5. The molecule has 0 N–H and O–H groups in total. The first-order chi connectivity index (χ1) is 32.7. The zero-order valence-corrected chi connectivity index (χ0v) is 36.8. The first-order valence-corrected chi connectivity index (χ1v) is 23.2. The Morgan fingerprint density at radius 1 is 0.258 bits per heavy atom. The van der Waals surface area contributed by atoms with E-state index in [0.29, 0.717) is 34.8 Å². The molecule has 0 unspecified atom stereocenters. The fraction of sp³-hybridized carbons (Fsp3) is 0. The Balaban J connectivity index is 1.09. The van der Waals surface area contributed by atoms with Crippen molar-refractivity contribution < 1.29 is 0 Å². The Labute approximate surface area is 389 Å². The molecule has 0 spiro atoms. The molecule has 0 saturated heterocycles. The zero-order valence-electron chi connectivity index (χ0n) is 35.2. The molecule has 0 fully saturated rings. The summed E-state index contributed by atoms with van der Waals surface area (Å²) in [7, 11) is 0. The smallest absolute Gasteiger partial charge is 0.183 e. The van der Waals surface area contributed by atoms with Crippen LogP contribution in [-0.2, 0) is 0 Å². The highest BCUT2D eigenvalue weighted by Crippen LogP contribution is 2.50. The standard InChI is InChI=1S/C57H35N7S2/c1-5-17-36(18-6-1)46-35-47(37-19-7-2-8-20-37)60-56(59-46)44-33-41(29-31-42(44)40-30-32-50-51(34-40)66-49-28-16-15-27-48(49)65-50)55-62-54(39-23-11-4-12-24-39)63-57(64-55)52-43-25-13-14-26-45(43)58-53(61-52)38-21-9-3-10-22-38/h1-35H. The molecule has 8 aromatic carbocycles. The van der Waals surface area contributed by atoms with Crippen LogP contribution in [0.15, 0.2) is 232 Å². The van der Waals surface area contributed by atoms with Gasteiger partial charge in [0.05, 0.1) is 16.9 Å². The van der Waals surface area contributed by atoms with Crippen molar-refractivity contribution in [3.05, 3.63) is 212 Å². The molecule has 7 nitrogen and oxygen atoms in total. The summed E-state index contributed by atoms with van der Waals surface area (Å²) in [4.78, 5) is 41.4. The van der Waals surface area contributed by atoms with Gasteiger partial charge in [-0.15, -0.1) is 0 Å². The van der Waals surface area contributed by atoms with E-state index in [1.807, 2.05) is 133 Å². The lowest BCUT2D eigenvalue weighted by Crippen LogP contribution is -2.04. The van der Waals surface area contributed by atoms with Gasteiger partial charge in [0.15, 0.2) is 29.1 Å². The minimum absolute atomic E-state index is 0.443. The van der Waals surface area contributed by atoms with Gasteiger partial charge in [-0.3, -0.25) is 0 Å². The van der Waals surface area contributed by atoms with Crippen LogP contribution in [-0.4, -0.2) is 34.9 Å². The molecular formula is C57H35N7S2. The van der Waals surface area contributed by atoms with Crippen molar-refractivity contribution in [1.82, 2.24) is 34.9 Å². The predicted octanol–water partition coefficient (Wildman–Crippen LogP) is 14.6. The highest BCUT2D eigenvalue weighted by molar-refractivity contribution is 8.05. The summed E-state index contributed by atoms with van der Waals surface area (Å²) < 4.78 is 0. The van der Waals surface area contributed by atoms with Crippen LogP contribution in [0.1, 0.15) is 0 Å². The van der Waals surface area contributed by atoms with E-state index in [4.69, 9.17) is 34.9 Å². The largest absolute Gasteiger partial charge is 0.228 e. The quantitative estimate of drug-likeness (QED) is 0.148. The second kappa shape index (κ2) is 17.1. The van der Waals surface area contributed by atoms with Crippen LogP contribution in [0.5, 0.6) is 0 Å². The molecule has 0 bridgehead atoms. The van der Waals surface area contributed by atoms with E-state index >= 15 is 0 Å². The van der Waals surface area contributed by atoms with E-state index in [2.05, 4.69) is 91.0 Å². The lowest BCUT2D eigenvalue weighted by molar-refractivity contribution is 1.06. The Morgan fingerprint density at radius 3 is 1.38 bits per heavy atom. The Hall–Kier alpha value is -8.11. The van der Waals surface area contributed by atoms with Crippen LogP contribution in [0.3, 0.4) is 0 Å². The predicted molar refractivity (Wildman–Crippen MR) is 267 cm³/mol. The molecule has 66 heavy (non-hydrogen) atoms. The van der Waals surface area contributed by atoms with Gasteiger partial charge in [0.2, 0.25) is 0 Å². The van der Waals surface area contributed by atoms with E-state index in [-0.39, 0.29) is 0 Å². The van der Waals surface area contributed by atoms with Gasteiger partial charge >= 0.3 is 0 Å². The van der Waals surface area contributed by atoms with Crippen LogP contribution in [0.4, 0.5) is 0 Å². The van der Waals surface area contributed by atoms with E-state index < -0.39 is 0 Å². The monoisotopic (exact) mass is 881 g/mol. The molecule has 4 heterocycles. The molecule has 9 heteroatoms. The number of para-hydroxylation sites is 1.